The molecule has 2 aromatic rings. The van der Waals surface area contributed by atoms with E-state index in [4.69, 9.17) is 11.6 Å². The van der Waals surface area contributed by atoms with E-state index in [0.29, 0.717) is 12.1 Å². The first kappa shape index (κ1) is 18.0. The molecule has 3 rings (SSSR count). The van der Waals surface area contributed by atoms with Crippen molar-refractivity contribution in [2.45, 2.75) is 30.2 Å². The highest BCUT2D eigenvalue weighted by molar-refractivity contribution is 7.90. The summed E-state index contributed by atoms with van der Waals surface area (Å²) in [6.07, 6.45) is 3.80. The fraction of sp³-hybridized carbons (Fsp3) is 0.316. The first-order valence-electron chi connectivity index (χ1n) is 8.21. The van der Waals surface area contributed by atoms with Gasteiger partial charge in [-0.15, -0.1) is 0 Å². The Morgan fingerprint density at radius 1 is 1.20 bits per heavy atom. The Kier molecular flexibility index (Phi) is 5.16. The van der Waals surface area contributed by atoms with E-state index < -0.39 is 9.84 Å². The molecule has 4 nitrogen and oxygen atoms in total. The van der Waals surface area contributed by atoms with Crippen molar-refractivity contribution in [1.29, 1.82) is 0 Å². The molecule has 0 aromatic heterocycles. The van der Waals surface area contributed by atoms with Crippen molar-refractivity contribution in [3.05, 3.63) is 64.7 Å². The number of likely N-dealkylation sites (tertiary alicyclic amines) is 1. The minimum absolute atomic E-state index is 0.00109. The van der Waals surface area contributed by atoms with E-state index in [1.54, 1.807) is 6.07 Å². The molecule has 0 aliphatic carbocycles. The van der Waals surface area contributed by atoms with Gasteiger partial charge in [-0.1, -0.05) is 41.9 Å². The Morgan fingerprint density at radius 2 is 1.92 bits per heavy atom. The van der Waals surface area contributed by atoms with Gasteiger partial charge in [0.1, 0.15) is 0 Å². The number of hydrogen-bond acceptors (Lipinski definition) is 3. The molecule has 1 aliphatic heterocycles. The highest BCUT2D eigenvalue weighted by atomic mass is 35.5. The zero-order chi connectivity index (χ0) is 18.0. The van der Waals surface area contributed by atoms with Crippen LogP contribution in [0.15, 0.2) is 53.4 Å². The van der Waals surface area contributed by atoms with Crippen molar-refractivity contribution in [2.24, 2.45) is 0 Å². The van der Waals surface area contributed by atoms with Crippen molar-refractivity contribution < 1.29 is 13.2 Å². The second-order valence-corrected chi connectivity index (χ2v) is 8.79. The molecule has 1 saturated heterocycles. The first-order valence-corrected chi connectivity index (χ1v) is 10.5. The molecule has 6 heteroatoms. The molecule has 2 aromatic carbocycles. The number of carbonyl (C=O) groups is 1. The summed E-state index contributed by atoms with van der Waals surface area (Å²) in [6.45, 7) is 0.688. The standard InChI is InChI=1S/C19H20ClNO3S/c1-25(23,24)18-13-15(9-10-17(18)20)19(22)21-11-5-8-16(21)12-14-6-3-2-4-7-14/h2-4,6-7,9-10,13,16H,5,8,11-12H2,1H3. The predicted molar refractivity (Wildman–Crippen MR) is 98.8 cm³/mol. The summed E-state index contributed by atoms with van der Waals surface area (Å²) in [5.74, 6) is -0.139. The van der Waals surface area contributed by atoms with Gasteiger partial charge < -0.3 is 4.90 Å². The van der Waals surface area contributed by atoms with E-state index in [2.05, 4.69) is 12.1 Å². The summed E-state index contributed by atoms with van der Waals surface area (Å²) < 4.78 is 23.7. The van der Waals surface area contributed by atoms with Crippen LogP contribution in [0.1, 0.15) is 28.8 Å². The third-order valence-corrected chi connectivity index (χ3v) is 6.11. The van der Waals surface area contributed by atoms with Crippen LogP contribution in [0.2, 0.25) is 5.02 Å². The molecule has 1 heterocycles. The molecule has 25 heavy (non-hydrogen) atoms. The lowest BCUT2D eigenvalue weighted by molar-refractivity contribution is 0.0736. The molecule has 0 spiro atoms. The number of amides is 1. The van der Waals surface area contributed by atoms with Crippen LogP contribution in [-0.2, 0) is 16.3 Å². The summed E-state index contributed by atoms with van der Waals surface area (Å²) in [5.41, 5.74) is 1.56. The van der Waals surface area contributed by atoms with E-state index >= 15 is 0 Å². The molecule has 1 fully saturated rings. The second-order valence-electron chi connectivity index (χ2n) is 6.40. The minimum Gasteiger partial charge on any atom is -0.335 e. The highest BCUT2D eigenvalue weighted by Gasteiger charge is 2.30. The molecular weight excluding hydrogens is 358 g/mol. The SMILES string of the molecule is CS(=O)(=O)c1cc(C(=O)N2CCCC2Cc2ccccc2)ccc1Cl. The lowest BCUT2D eigenvalue weighted by atomic mass is 10.0. The molecule has 0 N–H and O–H groups in total. The van der Waals surface area contributed by atoms with E-state index in [0.717, 1.165) is 25.5 Å². The van der Waals surface area contributed by atoms with Gasteiger partial charge in [0, 0.05) is 24.4 Å². The molecule has 0 bridgehead atoms. The number of nitrogens with zero attached hydrogens (tertiary/aromatic N) is 1. The molecule has 1 amide bonds. The van der Waals surface area contributed by atoms with Crippen molar-refractivity contribution in [1.82, 2.24) is 4.90 Å². The third kappa shape index (κ3) is 4.05. The molecule has 1 atom stereocenters. The molecular formula is C19H20ClNO3S. The number of carbonyl (C=O) groups excluding carboxylic acids is 1. The van der Waals surface area contributed by atoms with Crippen molar-refractivity contribution in [3.63, 3.8) is 0 Å². The fourth-order valence-corrected chi connectivity index (χ4v) is 4.59. The summed E-state index contributed by atoms with van der Waals surface area (Å²) >= 11 is 5.98. The quantitative estimate of drug-likeness (QED) is 0.818. The van der Waals surface area contributed by atoms with Gasteiger partial charge in [0.15, 0.2) is 9.84 Å². The molecule has 132 valence electrons. The number of rotatable bonds is 4. The molecule has 1 aliphatic rings. The lowest BCUT2D eigenvalue weighted by Crippen LogP contribution is -2.36. The van der Waals surface area contributed by atoms with E-state index in [1.807, 2.05) is 23.1 Å². The summed E-state index contributed by atoms with van der Waals surface area (Å²) in [4.78, 5) is 14.8. The van der Waals surface area contributed by atoms with Gasteiger partial charge in [0.25, 0.3) is 5.91 Å². The van der Waals surface area contributed by atoms with Crippen LogP contribution in [0.3, 0.4) is 0 Å². The fourth-order valence-electron chi connectivity index (χ4n) is 3.29. The van der Waals surface area contributed by atoms with Gasteiger partial charge in [0.05, 0.1) is 9.92 Å². The van der Waals surface area contributed by atoms with Gasteiger partial charge in [-0.05, 0) is 43.0 Å². The topological polar surface area (TPSA) is 54.5 Å². The summed E-state index contributed by atoms with van der Waals surface area (Å²) in [7, 11) is -3.48. The number of benzene rings is 2. The maximum Gasteiger partial charge on any atom is 0.254 e. The van der Waals surface area contributed by atoms with Crippen LogP contribution >= 0.6 is 11.6 Å². The maximum atomic E-state index is 12.9. The summed E-state index contributed by atoms with van der Waals surface area (Å²) in [6, 6.07) is 14.7. The van der Waals surface area contributed by atoms with Gasteiger partial charge in [0.2, 0.25) is 0 Å². The molecule has 0 saturated carbocycles. The average Bonchev–Trinajstić information content (AvgIpc) is 3.02. The Hall–Kier alpha value is -1.85. The smallest absolute Gasteiger partial charge is 0.254 e. The Morgan fingerprint density at radius 3 is 2.60 bits per heavy atom. The number of sulfone groups is 1. The van der Waals surface area contributed by atoms with Gasteiger partial charge in [-0.3, -0.25) is 4.79 Å². The van der Waals surface area contributed by atoms with Crippen LogP contribution in [0.5, 0.6) is 0 Å². The van der Waals surface area contributed by atoms with Crippen LogP contribution in [0.25, 0.3) is 0 Å². The van der Waals surface area contributed by atoms with Gasteiger partial charge in [-0.2, -0.15) is 0 Å². The lowest BCUT2D eigenvalue weighted by Gasteiger charge is -2.25. The Balaban J connectivity index is 1.85. The van der Waals surface area contributed by atoms with Crippen LogP contribution in [-0.4, -0.2) is 38.1 Å². The predicted octanol–water partition coefficient (Wildman–Crippen LogP) is 3.59. The number of hydrogen-bond donors (Lipinski definition) is 0. The van der Waals surface area contributed by atoms with Crippen molar-refractivity contribution >= 4 is 27.3 Å². The largest absolute Gasteiger partial charge is 0.335 e. The van der Waals surface area contributed by atoms with Crippen molar-refractivity contribution in [3.8, 4) is 0 Å². The Labute approximate surface area is 153 Å². The maximum absolute atomic E-state index is 12.9. The van der Waals surface area contributed by atoms with Crippen LogP contribution in [0.4, 0.5) is 0 Å². The summed E-state index contributed by atoms with van der Waals surface area (Å²) in [5, 5.41) is 0.140. The normalized spacial score (nSPS) is 17.7. The highest BCUT2D eigenvalue weighted by Crippen LogP contribution is 2.27. The van der Waals surface area contributed by atoms with E-state index in [9.17, 15) is 13.2 Å². The van der Waals surface area contributed by atoms with E-state index in [1.165, 1.54) is 17.7 Å². The minimum atomic E-state index is -3.48. The first-order chi connectivity index (χ1) is 11.9. The van der Waals surface area contributed by atoms with Gasteiger partial charge >= 0.3 is 0 Å². The molecule has 1 unspecified atom stereocenters. The van der Waals surface area contributed by atoms with Crippen molar-refractivity contribution in [2.75, 3.05) is 12.8 Å². The Bertz CT molecular complexity index is 881. The van der Waals surface area contributed by atoms with Gasteiger partial charge in [-0.25, -0.2) is 8.42 Å². The zero-order valence-electron chi connectivity index (χ0n) is 14.0. The third-order valence-electron chi connectivity index (χ3n) is 4.53. The van der Waals surface area contributed by atoms with E-state index in [-0.39, 0.29) is 21.9 Å². The number of halogens is 1. The average molecular weight is 378 g/mol. The van der Waals surface area contributed by atoms with Crippen LogP contribution in [0, 0.1) is 0 Å². The molecule has 0 radical (unpaired) electrons. The second kappa shape index (κ2) is 7.18. The van der Waals surface area contributed by atoms with Crippen LogP contribution < -0.4 is 0 Å². The monoisotopic (exact) mass is 377 g/mol. The zero-order valence-corrected chi connectivity index (χ0v) is 15.6.